The molecule has 0 spiro atoms. The van der Waals surface area contributed by atoms with Gasteiger partial charge in [0.15, 0.2) is 0 Å². The van der Waals surface area contributed by atoms with E-state index >= 15 is 0 Å². The van der Waals surface area contributed by atoms with Gasteiger partial charge in [-0.05, 0) is 19.4 Å². The quantitative estimate of drug-likeness (QED) is 0.514. The molecule has 0 aromatic rings. The summed E-state index contributed by atoms with van der Waals surface area (Å²) in [6.07, 6.45) is 6.59. The van der Waals surface area contributed by atoms with E-state index in [1.807, 2.05) is 14.0 Å². The van der Waals surface area contributed by atoms with Gasteiger partial charge < -0.3 is 0 Å². The van der Waals surface area contributed by atoms with Crippen LogP contribution in [0.25, 0.3) is 0 Å². The van der Waals surface area contributed by atoms with Crippen molar-refractivity contribution in [1.82, 2.24) is 0 Å². The second-order valence-electron chi connectivity index (χ2n) is 2.06. The molecule has 0 rings (SSSR count). The van der Waals surface area contributed by atoms with Crippen molar-refractivity contribution in [3.05, 3.63) is 12.2 Å². The number of hydrogen-bond donors (Lipinski definition) is 0. The van der Waals surface area contributed by atoms with E-state index in [1.165, 1.54) is 6.42 Å². The lowest BCUT2D eigenvalue weighted by atomic mass is 10.3. The molecular formula is C8H15N. The zero-order chi connectivity index (χ0) is 7.11. The van der Waals surface area contributed by atoms with Crippen LogP contribution in [0.2, 0.25) is 0 Å². The third kappa shape index (κ3) is 5.28. The van der Waals surface area contributed by atoms with Crippen LogP contribution in [0.5, 0.6) is 0 Å². The molecular weight excluding hydrogens is 110 g/mol. The standard InChI is InChI=1S/C8H15N/c1-4-5-6-7-8(2)9-3/h6-7H,4-5H2,1-3H3/b7-6-,9-8?. The van der Waals surface area contributed by atoms with Gasteiger partial charge in [0, 0.05) is 12.8 Å². The monoisotopic (exact) mass is 125 g/mol. The van der Waals surface area contributed by atoms with Crippen molar-refractivity contribution in [3.63, 3.8) is 0 Å². The molecule has 0 amide bonds. The Hall–Kier alpha value is -0.590. The lowest BCUT2D eigenvalue weighted by Crippen LogP contribution is -1.81. The molecule has 0 fully saturated rings. The average molecular weight is 125 g/mol. The van der Waals surface area contributed by atoms with E-state index in [4.69, 9.17) is 0 Å². The summed E-state index contributed by atoms with van der Waals surface area (Å²) in [5, 5.41) is 0. The fourth-order valence-electron chi connectivity index (χ4n) is 0.495. The van der Waals surface area contributed by atoms with E-state index in [1.54, 1.807) is 0 Å². The molecule has 0 N–H and O–H groups in total. The first kappa shape index (κ1) is 8.41. The molecule has 0 aliphatic heterocycles. The summed E-state index contributed by atoms with van der Waals surface area (Å²) in [4.78, 5) is 3.99. The molecule has 1 nitrogen and oxygen atoms in total. The molecule has 0 bridgehead atoms. The third-order valence-corrected chi connectivity index (χ3v) is 1.17. The Morgan fingerprint density at radius 3 is 2.67 bits per heavy atom. The highest BCUT2D eigenvalue weighted by atomic mass is 14.7. The summed E-state index contributed by atoms with van der Waals surface area (Å²) in [7, 11) is 1.81. The normalized spacial score (nSPS) is 13.0. The molecule has 0 heterocycles. The Morgan fingerprint density at radius 1 is 1.56 bits per heavy atom. The Bertz CT molecular complexity index is 112. The topological polar surface area (TPSA) is 12.4 Å². The molecule has 0 aliphatic rings. The van der Waals surface area contributed by atoms with E-state index in [0.29, 0.717) is 0 Å². The number of aliphatic imine (C=N–C) groups is 1. The van der Waals surface area contributed by atoms with Crippen LogP contribution in [0.3, 0.4) is 0 Å². The minimum absolute atomic E-state index is 1.10. The van der Waals surface area contributed by atoms with Crippen molar-refractivity contribution >= 4 is 5.71 Å². The fourth-order valence-corrected chi connectivity index (χ4v) is 0.495. The molecule has 0 aliphatic carbocycles. The number of rotatable bonds is 3. The van der Waals surface area contributed by atoms with Crippen LogP contribution in [-0.2, 0) is 0 Å². The van der Waals surface area contributed by atoms with E-state index in [0.717, 1.165) is 12.1 Å². The fraction of sp³-hybridized carbons (Fsp3) is 0.625. The van der Waals surface area contributed by atoms with Crippen LogP contribution in [0.1, 0.15) is 26.7 Å². The Kier molecular flexibility index (Phi) is 5.18. The van der Waals surface area contributed by atoms with E-state index in [9.17, 15) is 0 Å². The van der Waals surface area contributed by atoms with Crippen molar-refractivity contribution in [1.29, 1.82) is 0 Å². The number of unbranched alkanes of at least 4 members (excludes halogenated alkanes) is 1. The SMILES string of the molecule is CCC/C=C\C(C)=NC. The van der Waals surface area contributed by atoms with E-state index in [2.05, 4.69) is 24.1 Å². The molecule has 0 aromatic heterocycles. The lowest BCUT2D eigenvalue weighted by Gasteiger charge is -1.85. The van der Waals surface area contributed by atoms with Crippen LogP contribution < -0.4 is 0 Å². The minimum atomic E-state index is 1.10. The maximum atomic E-state index is 3.99. The van der Waals surface area contributed by atoms with Crippen molar-refractivity contribution in [2.75, 3.05) is 7.05 Å². The van der Waals surface area contributed by atoms with Crippen molar-refractivity contribution in [3.8, 4) is 0 Å². The van der Waals surface area contributed by atoms with E-state index < -0.39 is 0 Å². The summed E-state index contributed by atoms with van der Waals surface area (Å²) in [6, 6.07) is 0. The highest BCUT2D eigenvalue weighted by molar-refractivity contribution is 5.92. The number of nitrogens with zero attached hydrogens (tertiary/aromatic N) is 1. The van der Waals surface area contributed by atoms with Gasteiger partial charge in [0.25, 0.3) is 0 Å². The van der Waals surface area contributed by atoms with Gasteiger partial charge in [-0.2, -0.15) is 0 Å². The van der Waals surface area contributed by atoms with Crippen molar-refractivity contribution < 1.29 is 0 Å². The Morgan fingerprint density at radius 2 is 2.22 bits per heavy atom. The second kappa shape index (κ2) is 5.54. The van der Waals surface area contributed by atoms with Crippen LogP contribution in [-0.4, -0.2) is 12.8 Å². The minimum Gasteiger partial charge on any atom is -0.293 e. The maximum Gasteiger partial charge on any atom is 0.0310 e. The van der Waals surface area contributed by atoms with Gasteiger partial charge in [-0.25, -0.2) is 0 Å². The van der Waals surface area contributed by atoms with Gasteiger partial charge in [0.2, 0.25) is 0 Å². The molecule has 0 saturated carbocycles. The number of allylic oxidation sites excluding steroid dienone is 2. The molecule has 1 heteroatoms. The highest BCUT2D eigenvalue weighted by Gasteiger charge is 1.76. The first-order valence-electron chi connectivity index (χ1n) is 3.41. The smallest absolute Gasteiger partial charge is 0.0310 e. The third-order valence-electron chi connectivity index (χ3n) is 1.17. The zero-order valence-corrected chi connectivity index (χ0v) is 6.52. The average Bonchev–Trinajstić information content (AvgIpc) is 1.89. The summed E-state index contributed by atoms with van der Waals surface area (Å²) in [5.41, 5.74) is 1.10. The summed E-state index contributed by atoms with van der Waals surface area (Å²) in [5.74, 6) is 0. The van der Waals surface area contributed by atoms with Gasteiger partial charge in [-0.3, -0.25) is 4.99 Å². The molecule has 0 atom stereocenters. The maximum absolute atomic E-state index is 3.99. The molecule has 52 valence electrons. The summed E-state index contributed by atoms with van der Waals surface area (Å²) in [6.45, 7) is 4.18. The van der Waals surface area contributed by atoms with Crippen LogP contribution in [0.15, 0.2) is 17.1 Å². The largest absolute Gasteiger partial charge is 0.293 e. The van der Waals surface area contributed by atoms with Gasteiger partial charge in [-0.1, -0.05) is 19.4 Å². The first-order valence-corrected chi connectivity index (χ1v) is 3.41. The Labute approximate surface area is 57.5 Å². The molecule has 0 unspecified atom stereocenters. The lowest BCUT2D eigenvalue weighted by molar-refractivity contribution is 0.959. The van der Waals surface area contributed by atoms with Gasteiger partial charge in [0.05, 0.1) is 0 Å². The van der Waals surface area contributed by atoms with Gasteiger partial charge >= 0.3 is 0 Å². The molecule has 0 radical (unpaired) electrons. The second-order valence-corrected chi connectivity index (χ2v) is 2.06. The first-order chi connectivity index (χ1) is 4.31. The highest BCUT2D eigenvalue weighted by Crippen LogP contribution is 1.88. The van der Waals surface area contributed by atoms with Crippen LogP contribution in [0, 0.1) is 0 Å². The Balaban J connectivity index is 3.45. The predicted molar refractivity (Wildman–Crippen MR) is 43.1 cm³/mol. The van der Waals surface area contributed by atoms with Gasteiger partial charge in [-0.15, -0.1) is 0 Å². The van der Waals surface area contributed by atoms with Crippen molar-refractivity contribution in [2.45, 2.75) is 26.7 Å². The molecule has 0 saturated heterocycles. The van der Waals surface area contributed by atoms with E-state index in [-0.39, 0.29) is 0 Å². The molecule has 9 heavy (non-hydrogen) atoms. The zero-order valence-electron chi connectivity index (χ0n) is 6.52. The summed E-state index contributed by atoms with van der Waals surface area (Å²) < 4.78 is 0. The summed E-state index contributed by atoms with van der Waals surface area (Å²) >= 11 is 0. The van der Waals surface area contributed by atoms with Crippen LogP contribution in [0.4, 0.5) is 0 Å². The van der Waals surface area contributed by atoms with Crippen molar-refractivity contribution in [2.24, 2.45) is 4.99 Å². The van der Waals surface area contributed by atoms with Crippen LogP contribution >= 0.6 is 0 Å². The predicted octanol–water partition coefficient (Wildman–Crippen LogP) is 2.43. The molecule has 0 aromatic carbocycles. The number of hydrogen-bond acceptors (Lipinski definition) is 1. The van der Waals surface area contributed by atoms with Gasteiger partial charge in [0.1, 0.15) is 0 Å².